The molecule has 87 valence electrons. The normalized spacial score (nSPS) is 10.3. The van der Waals surface area contributed by atoms with Gasteiger partial charge in [-0.2, -0.15) is 11.8 Å². The molecule has 0 saturated heterocycles. The van der Waals surface area contributed by atoms with Crippen LogP contribution in [-0.2, 0) is 11.2 Å². The lowest BCUT2D eigenvalue weighted by atomic mass is 10.1. The lowest BCUT2D eigenvalue weighted by molar-refractivity contribution is -0.107. The number of hydrogen-bond acceptors (Lipinski definition) is 2. The molecule has 0 saturated carbocycles. The van der Waals surface area contributed by atoms with E-state index in [1.54, 1.807) is 11.8 Å². The summed E-state index contributed by atoms with van der Waals surface area (Å²) in [7, 11) is 0. The molecule has 0 N–H and O–H groups in total. The smallest absolute Gasteiger partial charge is 0.120 e. The quantitative estimate of drug-likeness (QED) is 0.519. The van der Waals surface area contributed by atoms with Gasteiger partial charge in [0.2, 0.25) is 0 Å². The minimum Gasteiger partial charge on any atom is -0.303 e. The predicted octanol–water partition coefficient (Wildman–Crippen LogP) is 3.80. The van der Waals surface area contributed by atoms with Gasteiger partial charge in [0.25, 0.3) is 0 Å². The molecule has 0 aliphatic heterocycles. The highest BCUT2D eigenvalue weighted by atomic mass is 35.5. The van der Waals surface area contributed by atoms with E-state index in [4.69, 9.17) is 11.6 Å². The van der Waals surface area contributed by atoms with E-state index in [1.807, 2.05) is 18.2 Å². The summed E-state index contributed by atoms with van der Waals surface area (Å²) in [6.07, 6.45) is 5.99. The third kappa shape index (κ3) is 6.19. The molecule has 0 bridgehead atoms. The Kier molecular flexibility index (Phi) is 7.35. The van der Waals surface area contributed by atoms with Crippen LogP contribution in [0.15, 0.2) is 24.3 Å². The van der Waals surface area contributed by atoms with Crippen molar-refractivity contribution >= 4 is 29.6 Å². The van der Waals surface area contributed by atoms with Crippen molar-refractivity contribution in [2.45, 2.75) is 19.3 Å². The predicted molar refractivity (Wildman–Crippen MR) is 72.1 cm³/mol. The number of carbonyl (C=O) groups excluding carboxylic acids is 1. The summed E-state index contributed by atoms with van der Waals surface area (Å²) in [5.41, 5.74) is 1.28. The Morgan fingerprint density at radius 3 is 2.94 bits per heavy atom. The van der Waals surface area contributed by atoms with Crippen LogP contribution in [0.1, 0.15) is 18.4 Å². The summed E-state index contributed by atoms with van der Waals surface area (Å²) >= 11 is 7.70. The van der Waals surface area contributed by atoms with Crippen LogP contribution < -0.4 is 0 Å². The van der Waals surface area contributed by atoms with Gasteiger partial charge in [0.15, 0.2) is 0 Å². The second kappa shape index (κ2) is 8.66. The molecule has 1 nitrogen and oxygen atoms in total. The third-order valence-corrected chi connectivity index (χ3v) is 3.37. The highest BCUT2D eigenvalue weighted by Gasteiger charge is 1.95. The summed E-state index contributed by atoms with van der Waals surface area (Å²) in [6.45, 7) is 0. The molecule has 0 aliphatic carbocycles. The number of aryl methyl sites for hydroxylation is 1. The molecule has 1 radical (unpaired) electrons. The van der Waals surface area contributed by atoms with Crippen LogP contribution in [0.2, 0.25) is 5.02 Å². The Balaban J connectivity index is 2.05. The van der Waals surface area contributed by atoms with E-state index in [0.29, 0.717) is 6.42 Å². The first-order valence-corrected chi connectivity index (χ1v) is 6.93. The Bertz CT molecular complexity index is 315. The Morgan fingerprint density at radius 1 is 1.31 bits per heavy atom. The molecule has 0 aromatic heterocycles. The molecule has 0 heterocycles. The van der Waals surface area contributed by atoms with E-state index >= 15 is 0 Å². The van der Waals surface area contributed by atoms with Gasteiger partial charge >= 0.3 is 0 Å². The molecule has 1 aromatic rings. The maximum atomic E-state index is 10.1. The minimum atomic E-state index is 0.660. The number of carbonyl (C=O) groups is 1. The van der Waals surface area contributed by atoms with Gasteiger partial charge in [-0.25, -0.2) is 0 Å². The standard InChI is InChI=1S/C13H16ClOS/c14-13-7-3-6-12(11-13)5-1-2-9-16-10-4-8-15/h2-3,6-8,11H,1,4-5,9-10H2. The lowest BCUT2D eigenvalue weighted by Crippen LogP contribution is -1.90. The van der Waals surface area contributed by atoms with Crippen molar-refractivity contribution in [3.05, 3.63) is 41.3 Å². The number of hydrogen-bond donors (Lipinski definition) is 0. The monoisotopic (exact) mass is 255 g/mol. The van der Waals surface area contributed by atoms with Crippen molar-refractivity contribution in [1.29, 1.82) is 0 Å². The molecule has 0 spiro atoms. The van der Waals surface area contributed by atoms with Crippen molar-refractivity contribution < 1.29 is 4.79 Å². The molecule has 0 atom stereocenters. The first-order chi connectivity index (χ1) is 7.83. The number of rotatable bonds is 8. The number of unbranched alkanes of at least 4 members (excludes halogenated alkanes) is 1. The average Bonchev–Trinajstić information content (AvgIpc) is 2.28. The second-order valence-corrected chi connectivity index (χ2v) is 5.07. The molecule has 16 heavy (non-hydrogen) atoms. The summed E-state index contributed by atoms with van der Waals surface area (Å²) < 4.78 is 0. The van der Waals surface area contributed by atoms with Gasteiger partial charge in [0, 0.05) is 11.4 Å². The zero-order valence-corrected chi connectivity index (χ0v) is 10.8. The molecular formula is C13H16ClOS. The average molecular weight is 256 g/mol. The van der Waals surface area contributed by atoms with E-state index in [-0.39, 0.29) is 0 Å². The zero-order chi connectivity index (χ0) is 11.6. The Morgan fingerprint density at radius 2 is 2.19 bits per heavy atom. The van der Waals surface area contributed by atoms with Crippen molar-refractivity contribution in [3.63, 3.8) is 0 Å². The Labute approximate surface area is 107 Å². The van der Waals surface area contributed by atoms with Crippen LogP contribution in [0.4, 0.5) is 0 Å². The maximum Gasteiger partial charge on any atom is 0.120 e. The van der Waals surface area contributed by atoms with Crippen LogP contribution >= 0.6 is 23.4 Å². The van der Waals surface area contributed by atoms with E-state index in [1.165, 1.54) is 5.56 Å². The fraction of sp³-hybridized carbons (Fsp3) is 0.385. The Hall–Kier alpha value is -0.470. The van der Waals surface area contributed by atoms with Gasteiger partial charge < -0.3 is 4.79 Å². The molecule has 1 aromatic carbocycles. The van der Waals surface area contributed by atoms with Gasteiger partial charge in [-0.05, 0) is 48.5 Å². The van der Waals surface area contributed by atoms with Crippen LogP contribution in [0.25, 0.3) is 0 Å². The molecule has 0 fully saturated rings. The van der Waals surface area contributed by atoms with Crippen molar-refractivity contribution in [1.82, 2.24) is 0 Å². The fourth-order valence-corrected chi connectivity index (χ4v) is 2.32. The van der Waals surface area contributed by atoms with E-state index in [0.717, 1.165) is 35.7 Å². The van der Waals surface area contributed by atoms with Crippen molar-refractivity contribution in [3.8, 4) is 0 Å². The number of thioether (sulfide) groups is 1. The van der Waals surface area contributed by atoms with Crippen molar-refractivity contribution in [2.24, 2.45) is 0 Å². The van der Waals surface area contributed by atoms with Crippen molar-refractivity contribution in [2.75, 3.05) is 11.5 Å². The van der Waals surface area contributed by atoms with E-state index in [2.05, 4.69) is 12.5 Å². The fourth-order valence-electron chi connectivity index (χ4n) is 1.34. The summed E-state index contributed by atoms with van der Waals surface area (Å²) in [5.74, 6) is 1.95. The van der Waals surface area contributed by atoms with Crippen LogP contribution in [0.5, 0.6) is 0 Å². The van der Waals surface area contributed by atoms with Gasteiger partial charge in [0.1, 0.15) is 6.29 Å². The molecule has 1 rings (SSSR count). The van der Waals surface area contributed by atoms with Crippen LogP contribution in [0.3, 0.4) is 0 Å². The topological polar surface area (TPSA) is 17.1 Å². The summed E-state index contributed by atoms with van der Waals surface area (Å²) in [5, 5.41) is 0.804. The number of halogens is 1. The second-order valence-electron chi connectivity index (χ2n) is 3.49. The highest BCUT2D eigenvalue weighted by molar-refractivity contribution is 7.99. The molecule has 0 amide bonds. The molecule has 3 heteroatoms. The van der Waals surface area contributed by atoms with Gasteiger partial charge in [-0.3, -0.25) is 0 Å². The van der Waals surface area contributed by atoms with Crippen LogP contribution in [-0.4, -0.2) is 17.8 Å². The third-order valence-electron chi connectivity index (χ3n) is 2.14. The van der Waals surface area contributed by atoms with Gasteiger partial charge in [-0.1, -0.05) is 23.7 Å². The van der Waals surface area contributed by atoms with Gasteiger partial charge in [-0.15, -0.1) is 0 Å². The summed E-state index contributed by atoms with van der Waals surface area (Å²) in [6, 6.07) is 7.98. The van der Waals surface area contributed by atoms with E-state index < -0.39 is 0 Å². The lowest BCUT2D eigenvalue weighted by Gasteiger charge is -2.01. The molecule has 0 unspecified atom stereocenters. The van der Waals surface area contributed by atoms with Crippen LogP contribution in [0, 0.1) is 6.42 Å². The highest BCUT2D eigenvalue weighted by Crippen LogP contribution is 2.13. The van der Waals surface area contributed by atoms with E-state index in [9.17, 15) is 4.79 Å². The largest absolute Gasteiger partial charge is 0.303 e. The maximum absolute atomic E-state index is 10.1. The van der Waals surface area contributed by atoms with Gasteiger partial charge in [0.05, 0.1) is 0 Å². The number of benzene rings is 1. The number of aldehydes is 1. The zero-order valence-electron chi connectivity index (χ0n) is 9.19. The first-order valence-electron chi connectivity index (χ1n) is 5.40. The molecule has 0 aliphatic rings. The minimum absolute atomic E-state index is 0.660. The summed E-state index contributed by atoms with van der Waals surface area (Å²) in [4.78, 5) is 10.1. The SMILES string of the molecule is O=CCCSC[CH]CCc1cccc(Cl)c1. The first kappa shape index (κ1) is 13.6. The molecular weight excluding hydrogens is 240 g/mol.